The van der Waals surface area contributed by atoms with Crippen LogP contribution in [0.4, 0.5) is 5.69 Å². The lowest BCUT2D eigenvalue weighted by Gasteiger charge is -2.16. The highest BCUT2D eigenvalue weighted by molar-refractivity contribution is 5.95. The molecule has 2 amide bonds. The van der Waals surface area contributed by atoms with Crippen molar-refractivity contribution in [2.75, 3.05) is 18.1 Å². The first-order valence-corrected chi connectivity index (χ1v) is 8.47. The second-order valence-electron chi connectivity index (χ2n) is 6.20. The molecule has 0 saturated carbocycles. The minimum Gasteiger partial charge on any atom is -0.484 e. The normalized spacial score (nSPS) is 13.8. The first kappa shape index (κ1) is 17.0. The smallest absolute Gasteiger partial charge is 0.258 e. The summed E-state index contributed by atoms with van der Waals surface area (Å²) in [5.41, 5.74) is 3.10. The third kappa shape index (κ3) is 4.59. The average Bonchev–Trinajstić information content (AvgIpc) is 3.05. The number of amides is 2. The summed E-state index contributed by atoms with van der Waals surface area (Å²) in [7, 11) is 0. The molecular weight excluding hydrogens is 316 g/mol. The molecule has 1 saturated heterocycles. The average molecular weight is 338 g/mol. The van der Waals surface area contributed by atoms with E-state index in [9.17, 15) is 9.59 Å². The van der Waals surface area contributed by atoms with Gasteiger partial charge in [0.05, 0.1) is 0 Å². The van der Waals surface area contributed by atoms with E-state index >= 15 is 0 Å². The number of aryl methyl sites for hydroxylation is 1. The number of carbonyl (C=O) groups excluding carboxylic acids is 2. The minimum atomic E-state index is -0.166. The first-order valence-electron chi connectivity index (χ1n) is 8.47. The molecule has 0 spiro atoms. The summed E-state index contributed by atoms with van der Waals surface area (Å²) in [6, 6.07) is 15.3. The van der Waals surface area contributed by atoms with E-state index in [4.69, 9.17) is 4.74 Å². The van der Waals surface area contributed by atoms with Crippen LogP contribution in [0.1, 0.15) is 24.0 Å². The van der Waals surface area contributed by atoms with E-state index in [1.165, 1.54) is 5.56 Å². The zero-order chi connectivity index (χ0) is 17.6. The van der Waals surface area contributed by atoms with Crippen molar-refractivity contribution in [2.45, 2.75) is 26.3 Å². The molecule has 0 atom stereocenters. The van der Waals surface area contributed by atoms with Crippen LogP contribution in [-0.2, 0) is 16.1 Å². The van der Waals surface area contributed by atoms with Gasteiger partial charge in [-0.05, 0) is 43.2 Å². The molecular formula is C20H22N2O3. The summed E-state index contributed by atoms with van der Waals surface area (Å²) in [4.78, 5) is 25.4. The maximum absolute atomic E-state index is 11.9. The lowest BCUT2D eigenvalue weighted by molar-refractivity contribution is -0.123. The Labute approximate surface area is 147 Å². The van der Waals surface area contributed by atoms with Crippen LogP contribution in [0.25, 0.3) is 0 Å². The van der Waals surface area contributed by atoms with Crippen molar-refractivity contribution >= 4 is 17.5 Å². The van der Waals surface area contributed by atoms with Crippen LogP contribution in [0.15, 0.2) is 48.5 Å². The van der Waals surface area contributed by atoms with Gasteiger partial charge in [-0.15, -0.1) is 0 Å². The highest BCUT2D eigenvalue weighted by atomic mass is 16.5. The van der Waals surface area contributed by atoms with Gasteiger partial charge in [0.2, 0.25) is 5.91 Å². The molecule has 0 aromatic heterocycles. The number of benzene rings is 2. The van der Waals surface area contributed by atoms with Gasteiger partial charge in [0.15, 0.2) is 6.61 Å². The minimum absolute atomic E-state index is 0.0339. The number of ether oxygens (including phenoxy) is 1. The zero-order valence-corrected chi connectivity index (χ0v) is 14.3. The van der Waals surface area contributed by atoms with Crippen LogP contribution >= 0.6 is 0 Å². The molecule has 1 heterocycles. The second-order valence-corrected chi connectivity index (χ2v) is 6.20. The molecule has 0 aliphatic carbocycles. The number of carbonyl (C=O) groups is 2. The Hall–Kier alpha value is -2.82. The topological polar surface area (TPSA) is 58.6 Å². The number of nitrogens with one attached hydrogen (secondary N) is 1. The Balaban J connectivity index is 1.46. The van der Waals surface area contributed by atoms with Gasteiger partial charge in [0.25, 0.3) is 5.91 Å². The van der Waals surface area contributed by atoms with Crippen molar-refractivity contribution in [1.29, 1.82) is 0 Å². The van der Waals surface area contributed by atoms with Gasteiger partial charge >= 0.3 is 0 Å². The lowest BCUT2D eigenvalue weighted by atomic mass is 10.1. The molecule has 5 nitrogen and oxygen atoms in total. The number of hydrogen-bond donors (Lipinski definition) is 1. The molecule has 3 rings (SSSR count). The van der Waals surface area contributed by atoms with Gasteiger partial charge in [-0.2, -0.15) is 0 Å². The maximum atomic E-state index is 11.9. The van der Waals surface area contributed by atoms with Crippen molar-refractivity contribution in [3.05, 3.63) is 59.7 Å². The Morgan fingerprint density at radius 3 is 2.68 bits per heavy atom. The molecule has 0 unspecified atom stereocenters. The van der Waals surface area contributed by atoms with E-state index in [0.717, 1.165) is 24.2 Å². The summed E-state index contributed by atoms with van der Waals surface area (Å²) in [6.07, 6.45) is 1.51. The molecule has 1 aliphatic heterocycles. The van der Waals surface area contributed by atoms with E-state index in [0.29, 0.717) is 18.7 Å². The molecule has 25 heavy (non-hydrogen) atoms. The maximum Gasteiger partial charge on any atom is 0.258 e. The van der Waals surface area contributed by atoms with Gasteiger partial charge in [0.1, 0.15) is 5.75 Å². The summed E-state index contributed by atoms with van der Waals surface area (Å²) < 4.78 is 5.51. The molecule has 2 aromatic rings. The fraction of sp³-hybridized carbons (Fsp3) is 0.300. The van der Waals surface area contributed by atoms with Crippen LogP contribution in [0.5, 0.6) is 5.75 Å². The Morgan fingerprint density at radius 2 is 2.00 bits per heavy atom. The summed E-state index contributed by atoms with van der Waals surface area (Å²) in [6.45, 7) is 3.24. The SMILES string of the molecule is Cc1cccc(CNC(=O)COc2ccc(N3CCCC3=O)cc2)c1. The van der Waals surface area contributed by atoms with Crippen LogP contribution in [0, 0.1) is 6.92 Å². The van der Waals surface area contributed by atoms with E-state index in [2.05, 4.69) is 5.32 Å². The summed E-state index contributed by atoms with van der Waals surface area (Å²) in [5.74, 6) is 0.602. The fourth-order valence-electron chi connectivity index (χ4n) is 2.87. The standard InChI is InChI=1S/C20H22N2O3/c1-15-4-2-5-16(12-15)13-21-19(23)14-25-18-9-7-17(8-10-18)22-11-3-6-20(22)24/h2,4-5,7-10,12H,3,6,11,13-14H2,1H3,(H,21,23). The third-order valence-corrected chi connectivity index (χ3v) is 4.16. The number of hydrogen-bond acceptors (Lipinski definition) is 3. The number of anilines is 1. The predicted molar refractivity (Wildman–Crippen MR) is 96.5 cm³/mol. The quantitative estimate of drug-likeness (QED) is 0.881. The molecule has 1 fully saturated rings. The highest BCUT2D eigenvalue weighted by Crippen LogP contribution is 2.23. The summed E-state index contributed by atoms with van der Waals surface area (Å²) >= 11 is 0. The molecule has 1 N–H and O–H groups in total. The van der Waals surface area contributed by atoms with Crippen LogP contribution in [-0.4, -0.2) is 25.0 Å². The Morgan fingerprint density at radius 1 is 1.20 bits per heavy atom. The van der Waals surface area contributed by atoms with Crippen molar-refractivity contribution < 1.29 is 14.3 Å². The van der Waals surface area contributed by atoms with Crippen LogP contribution in [0.3, 0.4) is 0 Å². The molecule has 0 radical (unpaired) electrons. The number of nitrogens with zero attached hydrogens (tertiary/aromatic N) is 1. The fourth-order valence-corrected chi connectivity index (χ4v) is 2.87. The molecule has 2 aromatic carbocycles. The monoisotopic (exact) mass is 338 g/mol. The van der Waals surface area contributed by atoms with E-state index in [-0.39, 0.29) is 18.4 Å². The predicted octanol–water partition coefficient (Wildman–Crippen LogP) is 2.82. The molecule has 130 valence electrons. The van der Waals surface area contributed by atoms with Gasteiger partial charge in [0, 0.05) is 25.2 Å². The Kier molecular flexibility index (Phi) is 5.33. The van der Waals surface area contributed by atoms with Crippen molar-refractivity contribution in [1.82, 2.24) is 5.32 Å². The molecule has 5 heteroatoms. The Bertz CT molecular complexity index is 756. The lowest BCUT2D eigenvalue weighted by Crippen LogP contribution is -2.28. The van der Waals surface area contributed by atoms with Crippen molar-refractivity contribution in [3.8, 4) is 5.75 Å². The number of rotatable bonds is 6. The van der Waals surface area contributed by atoms with Gasteiger partial charge < -0.3 is 15.0 Å². The van der Waals surface area contributed by atoms with Gasteiger partial charge in [-0.1, -0.05) is 29.8 Å². The third-order valence-electron chi connectivity index (χ3n) is 4.16. The highest BCUT2D eigenvalue weighted by Gasteiger charge is 2.21. The van der Waals surface area contributed by atoms with E-state index in [1.54, 1.807) is 17.0 Å². The van der Waals surface area contributed by atoms with Gasteiger partial charge in [-0.3, -0.25) is 9.59 Å². The van der Waals surface area contributed by atoms with Crippen molar-refractivity contribution in [2.24, 2.45) is 0 Å². The van der Waals surface area contributed by atoms with Crippen LogP contribution in [0.2, 0.25) is 0 Å². The second kappa shape index (κ2) is 7.83. The largest absolute Gasteiger partial charge is 0.484 e. The summed E-state index contributed by atoms with van der Waals surface area (Å²) in [5, 5.41) is 2.84. The van der Waals surface area contributed by atoms with Crippen LogP contribution < -0.4 is 15.0 Å². The molecule has 0 bridgehead atoms. The molecule has 1 aliphatic rings. The van der Waals surface area contributed by atoms with E-state index in [1.807, 2.05) is 43.3 Å². The first-order chi connectivity index (χ1) is 12.1. The zero-order valence-electron chi connectivity index (χ0n) is 14.3. The van der Waals surface area contributed by atoms with E-state index < -0.39 is 0 Å². The van der Waals surface area contributed by atoms with Gasteiger partial charge in [-0.25, -0.2) is 0 Å². The van der Waals surface area contributed by atoms with Crippen molar-refractivity contribution in [3.63, 3.8) is 0 Å².